The lowest BCUT2D eigenvalue weighted by molar-refractivity contribution is -0.114. The predicted molar refractivity (Wildman–Crippen MR) is 65.0 cm³/mol. The fourth-order valence-electron chi connectivity index (χ4n) is 1.78. The van der Waals surface area contributed by atoms with Gasteiger partial charge in [-0.05, 0) is 37.1 Å². The molecule has 1 fully saturated rings. The molecule has 0 aliphatic carbocycles. The topological polar surface area (TPSA) is 47.6 Å². The van der Waals surface area contributed by atoms with Gasteiger partial charge in [-0.3, -0.25) is 4.79 Å². The van der Waals surface area contributed by atoms with Crippen molar-refractivity contribution in [2.24, 2.45) is 0 Å². The summed E-state index contributed by atoms with van der Waals surface area (Å²) in [5, 5.41) is 2.71. The molecule has 1 unspecified atom stereocenters. The average molecular weight is 235 g/mol. The molecule has 0 bridgehead atoms. The maximum absolute atomic E-state index is 10.9. The Morgan fingerprint density at radius 1 is 1.35 bits per heavy atom. The van der Waals surface area contributed by atoms with Gasteiger partial charge in [-0.1, -0.05) is 0 Å². The second kappa shape index (κ2) is 5.68. The minimum absolute atomic E-state index is 0.0747. The van der Waals surface area contributed by atoms with E-state index in [0.717, 1.165) is 37.3 Å². The van der Waals surface area contributed by atoms with E-state index < -0.39 is 0 Å². The van der Waals surface area contributed by atoms with E-state index in [9.17, 15) is 4.79 Å². The van der Waals surface area contributed by atoms with Crippen molar-refractivity contribution in [3.63, 3.8) is 0 Å². The number of rotatable bonds is 3. The van der Waals surface area contributed by atoms with E-state index in [1.54, 1.807) is 0 Å². The lowest BCUT2D eigenvalue weighted by Gasteiger charge is -2.23. The SMILES string of the molecule is CC(=O)Nc1ccc(OC2CCCCO2)cc1. The van der Waals surface area contributed by atoms with Gasteiger partial charge >= 0.3 is 0 Å². The van der Waals surface area contributed by atoms with Crippen LogP contribution in [0.4, 0.5) is 5.69 Å². The molecule has 1 aromatic carbocycles. The van der Waals surface area contributed by atoms with Gasteiger partial charge in [0.1, 0.15) is 5.75 Å². The lowest BCUT2D eigenvalue weighted by Crippen LogP contribution is -2.24. The fourth-order valence-corrected chi connectivity index (χ4v) is 1.78. The first-order valence-corrected chi connectivity index (χ1v) is 5.90. The number of nitrogens with one attached hydrogen (secondary N) is 1. The summed E-state index contributed by atoms with van der Waals surface area (Å²) in [6.45, 7) is 2.26. The summed E-state index contributed by atoms with van der Waals surface area (Å²) in [6.07, 6.45) is 3.07. The van der Waals surface area contributed by atoms with Gasteiger partial charge in [-0.15, -0.1) is 0 Å². The first kappa shape index (κ1) is 11.9. The van der Waals surface area contributed by atoms with Crippen molar-refractivity contribution >= 4 is 11.6 Å². The Bertz CT molecular complexity index is 369. The van der Waals surface area contributed by atoms with E-state index >= 15 is 0 Å². The van der Waals surface area contributed by atoms with Crippen LogP contribution < -0.4 is 10.1 Å². The zero-order valence-corrected chi connectivity index (χ0v) is 9.94. The van der Waals surface area contributed by atoms with E-state index in [2.05, 4.69) is 5.32 Å². The monoisotopic (exact) mass is 235 g/mol. The number of amides is 1. The molecule has 1 atom stereocenters. The number of anilines is 1. The fraction of sp³-hybridized carbons (Fsp3) is 0.462. The Hall–Kier alpha value is -1.55. The number of carbonyl (C=O) groups is 1. The standard InChI is InChI=1S/C13H17NO3/c1-10(15)14-11-5-7-12(8-6-11)17-13-4-2-3-9-16-13/h5-8,13H,2-4,9H2,1H3,(H,14,15). The molecule has 4 heteroatoms. The second-order valence-corrected chi connectivity index (χ2v) is 4.12. The van der Waals surface area contributed by atoms with Crippen LogP contribution in [-0.2, 0) is 9.53 Å². The number of benzene rings is 1. The maximum Gasteiger partial charge on any atom is 0.221 e. The molecule has 1 amide bonds. The summed E-state index contributed by atoms with van der Waals surface area (Å²) >= 11 is 0. The highest BCUT2D eigenvalue weighted by molar-refractivity contribution is 5.88. The molecule has 0 saturated carbocycles. The molecule has 0 spiro atoms. The summed E-state index contributed by atoms with van der Waals surface area (Å²) in [7, 11) is 0. The summed E-state index contributed by atoms with van der Waals surface area (Å²) in [4.78, 5) is 10.9. The Labute approximate surface area is 101 Å². The van der Waals surface area contributed by atoms with Crippen LogP contribution in [0.1, 0.15) is 26.2 Å². The Balaban J connectivity index is 1.90. The van der Waals surface area contributed by atoms with Crippen molar-refractivity contribution in [2.45, 2.75) is 32.5 Å². The quantitative estimate of drug-likeness (QED) is 0.875. The van der Waals surface area contributed by atoms with Gasteiger partial charge in [0.25, 0.3) is 0 Å². The third-order valence-corrected chi connectivity index (χ3v) is 2.58. The highest BCUT2D eigenvalue weighted by Gasteiger charge is 2.14. The van der Waals surface area contributed by atoms with Crippen LogP contribution in [-0.4, -0.2) is 18.8 Å². The van der Waals surface area contributed by atoms with Crippen LogP contribution in [0.25, 0.3) is 0 Å². The van der Waals surface area contributed by atoms with Crippen molar-refractivity contribution in [3.05, 3.63) is 24.3 Å². The van der Waals surface area contributed by atoms with Gasteiger partial charge in [0.2, 0.25) is 5.91 Å². The molecule has 1 heterocycles. The molecular weight excluding hydrogens is 218 g/mol. The number of hydrogen-bond donors (Lipinski definition) is 1. The summed E-state index contributed by atoms with van der Waals surface area (Å²) < 4.78 is 11.2. The molecule has 1 aliphatic rings. The van der Waals surface area contributed by atoms with E-state index in [-0.39, 0.29) is 12.2 Å². The summed E-state index contributed by atoms with van der Waals surface area (Å²) in [5.41, 5.74) is 0.773. The Kier molecular flexibility index (Phi) is 3.98. The molecule has 1 saturated heterocycles. The second-order valence-electron chi connectivity index (χ2n) is 4.12. The molecular formula is C13H17NO3. The zero-order chi connectivity index (χ0) is 12.1. The molecule has 92 valence electrons. The van der Waals surface area contributed by atoms with Gasteiger partial charge < -0.3 is 14.8 Å². The Morgan fingerprint density at radius 2 is 2.12 bits per heavy atom. The van der Waals surface area contributed by atoms with Gasteiger partial charge in [0.05, 0.1) is 6.61 Å². The minimum Gasteiger partial charge on any atom is -0.465 e. The van der Waals surface area contributed by atoms with Crippen molar-refractivity contribution < 1.29 is 14.3 Å². The Morgan fingerprint density at radius 3 is 2.71 bits per heavy atom. The molecule has 4 nitrogen and oxygen atoms in total. The first-order valence-electron chi connectivity index (χ1n) is 5.90. The van der Waals surface area contributed by atoms with Crippen molar-refractivity contribution in [3.8, 4) is 5.75 Å². The van der Waals surface area contributed by atoms with E-state index in [0.29, 0.717) is 0 Å². The van der Waals surface area contributed by atoms with Crippen LogP contribution in [0.3, 0.4) is 0 Å². The predicted octanol–water partition coefficient (Wildman–Crippen LogP) is 2.55. The number of carbonyl (C=O) groups excluding carboxylic acids is 1. The van der Waals surface area contributed by atoms with Crippen molar-refractivity contribution in [2.75, 3.05) is 11.9 Å². The molecule has 0 aromatic heterocycles. The van der Waals surface area contributed by atoms with Gasteiger partial charge in [-0.2, -0.15) is 0 Å². The highest BCUT2D eigenvalue weighted by Crippen LogP contribution is 2.20. The van der Waals surface area contributed by atoms with Gasteiger partial charge in [-0.25, -0.2) is 0 Å². The molecule has 1 aromatic rings. The molecule has 2 rings (SSSR count). The first-order chi connectivity index (χ1) is 8.24. The molecule has 1 N–H and O–H groups in total. The maximum atomic E-state index is 10.9. The third kappa shape index (κ3) is 3.75. The van der Waals surface area contributed by atoms with E-state index in [4.69, 9.17) is 9.47 Å². The largest absolute Gasteiger partial charge is 0.465 e. The van der Waals surface area contributed by atoms with Gasteiger partial charge in [0.15, 0.2) is 6.29 Å². The zero-order valence-electron chi connectivity index (χ0n) is 9.94. The lowest BCUT2D eigenvalue weighted by atomic mass is 10.2. The van der Waals surface area contributed by atoms with Crippen LogP contribution in [0, 0.1) is 0 Å². The van der Waals surface area contributed by atoms with Crippen molar-refractivity contribution in [1.29, 1.82) is 0 Å². The van der Waals surface area contributed by atoms with E-state index in [1.807, 2.05) is 24.3 Å². The van der Waals surface area contributed by atoms with Crippen LogP contribution in [0.5, 0.6) is 5.75 Å². The normalized spacial score (nSPS) is 19.7. The third-order valence-electron chi connectivity index (χ3n) is 2.58. The summed E-state index contributed by atoms with van der Waals surface area (Å²) in [6, 6.07) is 7.31. The van der Waals surface area contributed by atoms with E-state index in [1.165, 1.54) is 6.92 Å². The van der Waals surface area contributed by atoms with Crippen LogP contribution in [0.15, 0.2) is 24.3 Å². The smallest absolute Gasteiger partial charge is 0.221 e. The number of hydrogen-bond acceptors (Lipinski definition) is 3. The highest BCUT2D eigenvalue weighted by atomic mass is 16.7. The number of ether oxygens (including phenoxy) is 2. The average Bonchev–Trinajstić information content (AvgIpc) is 2.32. The van der Waals surface area contributed by atoms with Crippen LogP contribution in [0.2, 0.25) is 0 Å². The molecule has 1 aliphatic heterocycles. The minimum atomic E-state index is -0.129. The summed E-state index contributed by atoms with van der Waals surface area (Å²) in [5.74, 6) is 0.695. The van der Waals surface area contributed by atoms with Crippen molar-refractivity contribution in [1.82, 2.24) is 0 Å². The molecule has 0 radical (unpaired) electrons. The van der Waals surface area contributed by atoms with Crippen LogP contribution >= 0.6 is 0 Å². The van der Waals surface area contributed by atoms with Gasteiger partial charge in [0, 0.05) is 19.0 Å². The molecule has 17 heavy (non-hydrogen) atoms.